The molecule has 1 N–H and O–H groups in total. The van der Waals surface area contributed by atoms with Crippen molar-refractivity contribution in [2.45, 2.75) is 51.3 Å². The second-order valence-corrected chi connectivity index (χ2v) is 7.77. The maximum Gasteiger partial charge on any atom is 0.0545 e. The third kappa shape index (κ3) is 2.79. The molecule has 2 aliphatic carbocycles. The van der Waals surface area contributed by atoms with E-state index in [9.17, 15) is 5.11 Å². The summed E-state index contributed by atoms with van der Waals surface area (Å²) >= 11 is 0. The first-order chi connectivity index (χ1) is 11.1. The van der Waals surface area contributed by atoms with E-state index in [0.29, 0.717) is 6.04 Å². The first-order valence-electron chi connectivity index (χ1n) is 8.97. The molecule has 0 aromatic heterocycles. The number of nitrogens with zero attached hydrogens (tertiary/aromatic N) is 1. The quantitative estimate of drug-likeness (QED) is 0.921. The van der Waals surface area contributed by atoms with Crippen molar-refractivity contribution in [2.24, 2.45) is 11.8 Å². The minimum atomic E-state index is -0.0303. The molecule has 0 heterocycles. The van der Waals surface area contributed by atoms with Gasteiger partial charge in [0, 0.05) is 12.6 Å². The minimum Gasteiger partial charge on any atom is -0.393 e. The number of benzene rings is 2. The molecule has 2 nitrogen and oxygen atoms in total. The smallest absolute Gasteiger partial charge is 0.0545 e. The Morgan fingerprint density at radius 2 is 1.61 bits per heavy atom. The van der Waals surface area contributed by atoms with E-state index in [-0.39, 0.29) is 6.10 Å². The first-order valence-corrected chi connectivity index (χ1v) is 8.97. The third-order valence-electron chi connectivity index (χ3n) is 6.24. The van der Waals surface area contributed by atoms with Gasteiger partial charge in [0.25, 0.3) is 0 Å². The lowest BCUT2D eigenvalue weighted by Gasteiger charge is -2.26. The number of rotatable bonds is 3. The highest BCUT2D eigenvalue weighted by Gasteiger charge is 2.42. The average molecular weight is 309 g/mol. The molecule has 122 valence electrons. The summed E-state index contributed by atoms with van der Waals surface area (Å²) in [6.45, 7) is 3.22. The van der Waals surface area contributed by atoms with Gasteiger partial charge >= 0.3 is 0 Å². The zero-order chi connectivity index (χ0) is 16.0. The Kier molecular flexibility index (Phi) is 3.90. The molecule has 0 bridgehead atoms. The van der Waals surface area contributed by atoms with Crippen LogP contribution in [0.2, 0.25) is 0 Å². The molecule has 0 saturated heterocycles. The summed E-state index contributed by atoms with van der Waals surface area (Å²) < 4.78 is 0. The van der Waals surface area contributed by atoms with E-state index in [1.807, 2.05) is 0 Å². The molecule has 0 spiro atoms. The Morgan fingerprint density at radius 1 is 0.957 bits per heavy atom. The Bertz CT molecular complexity index is 696. The van der Waals surface area contributed by atoms with Crippen LogP contribution in [0.25, 0.3) is 10.8 Å². The van der Waals surface area contributed by atoms with Gasteiger partial charge in [-0.15, -0.1) is 0 Å². The fraction of sp³-hybridized carbons (Fsp3) is 0.524. The van der Waals surface area contributed by atoms with Crippen LogP contribution in [0.5, 0.6) is 0 Å². The van der Waals surface area contributed by atoms with Crippen LogP contribution in [0.3, 0.4) is 0 Å². The Balaban J connectivity index is 1.52. The molecule has 4 atom stereocenters. The second kappa shape index (κ2) is 5.92. The number of hydrogen-bond donors (Lipinski definition) is 1. The third-order valence-corrected chi connectivity index (χ3v) is 6.24. The standard InChI is InChI=1S/C21H27NO/c1-14-7-8-15(21-6-4-3-5-20(14)21)13-22(2)18-9-16-11-19(23)12-17(16)10-18/h3-8,16-19,23H,9-13H2,1-2H3/t16-,17+,18?,19?. The minimum absolute atomic E-state index is 0.0303. The van der Waals surface area contributed by atoms with Gasteiger partial charge in [-0.25, -0.2) is 0 Å². The molecule has 2 unspecified atom stereocenters. The largest absolute Gasteiger partial charge is 0.393 e. The van der Waals surface area contributed by atoms with Crippen LogP contribution in [-0.4, -0.2) is 29.2 Å². The number of hydrogen-bond acceptors (Lipinski definition) is 2. The molecule has 2 saturated carbocycles. The molecule has 2 aromatic carbocycles. The molecular formula is C21H27NO. The number of fused-ring (bicyclic) bond motifs is 2. The highest BCUT2D eigenvalue weighted by molar-refractivity contribution is 5.88. The van der Waals surface area contributed by atoms with E-state index in [0.717, 1.165) is 31.2 Å². The average Bonchev–Trinajstić information content (AvgIpc) is 3.07. The Labute approximate surface area is 139 Å². The molecular weight excluding hydrogens is 282 g/mol. The van der Waals surface area contributed by atoms with Crippen molar-refractivity contribution in [3.05, 3.63) is 47.5 Å². The van der Waals surface area contributed by atoms with Gasteiger partial charge in [0.15, 0.2) is 0 Å². The first kappa shape index (κ1) is 15.2. The summed E-state index contributed by atoms with van der Waals surface area (Å²) in [6.07, 6.45) is 4.56. The topological polar surface area (TPSA) is 23.5 Å². The Morgan fingerprint density at radius 3 is 2.30 bits per heavy atom. The van der Waals surface area contributed by atoms with Gasteiger partial charge in [-0.3, -0.25) is 4.90 Å². The molecule has 2 aromatic rings. The van der Waals surface area contributed by atoms with E-state index >= 15 is 0 Å². The van der Waals surface area contributed by atoms with Crippen LogP contribution in [0, 0.1) is 18.8 Å². The highest BCUT2D eigenvalue weighted by atomic mass is 16.3. The van der Waals surface area contributed by atoms with Gasteiger partial charge in [-0.1, -0.05) is 36.4 Å². The zero-order valence-corrected chi connectivity index (χ0v) is 14.2. The summed E-state index contributed by atoms with van der Waals surface area (Å²) in [5.41, 5.74) is 2.79. The van der Waals surface area contributed by atoms with Crippen LogP contribution >= 0.6 is 0 Å². The summed E-state index contributed by atoms with van der Waals surface area (Å²) in [4.78, 5) is 2.54. The maximum absolute atomic E-state index is 9.83. The maximum atomic E-state index is 9.83. The van der Waals surface area contributed by atoms with Crippen LogP contribution in [0.1, 0.15) is 36.8 Å². The lowest BCUT2D eigenvalue weighted by molar-refractivity contribution is 0.158. The molecule has 0 radical (unpaired) electrons. The summed E-state index contributed by atoms with van der Waals surface area (Å²) in [7, 11) is 2.27. The van der Waals surface area contributed by atoms with Gasteiger partial charge in [0.05, 0.1) is 6.10 Å². The van der Waals surface area contributed by atoms with Crippen molar-refractivity contribution in [3.8, 4) is 0 Å². The zero-order valence-electron chi connectivity index (χ0n) is 14.2. The normalized spacial score (nSPS) is 30.3. The van der Waals surface area contributed by atoms with Gasteiger partial charge in [-0.05, 0) is 73.4 Å². The SMILES string of the molecule is Cc1ccc(CN(C)C2C[C@H]3CC(O)C[C@H]3C2)c2ccccc12. The predicted molar refractivity (Wildman–Crippen MR) is 95.4 cm³/mol. The number of aryl methyl sites for hydroxylation is 1. The molecule has 2 aliphatic rings. The van der Waals surface area contributed by atoms with E-state index in [1.54, 1.807) is 0 Å². The van der Waals surface area contributed by atoms with Crippen molar-refractivity contribution in [3.63, 3.8) is 0 Å². The second-order valence-electron chi connectivity index (χ2n) is 7.77. The molecule has 2 fully saturated rings. The van der Waals surface area contributed by atoms with Crippen molar-refractivity contribution < 1.29 is 5.11 Å². The fourth-order valence-electron chi connectivity index (χ4n) is 4.96. The molecule has 2 heteroatoms. The lowest BCUT2D eigenvalue weighted by Crippen LogP contribution is -2.30. The summed E-state index contributed by atoms with van der Waals surface area (Å²) in [6, 6.07) is 14.0. The van der Waals surface area contributed by atoms with E-state index in [1.165, 1.54) is 34.7 Å². The van der Waals surface area contributed by atoms with E-state index in [2.05, 4.69) is 55.3 Å². The fourth-order valence-corrected chi connectivity index (χ4v) is 4.96. The van der Waals surface area contributed by atoms with Crippen LogP contribution in [0.4, 0.5) is 0 Å². The number of aliphatic hydroxyl groups is 1. The highest BCUT2D eigenvalue weighted by Crippen LogP contribution is 2.45. The lowest BCUT2D eigenvalue weighted by atomic mass is 9.99. The molecule has 0 amide bonds. The molecule has 23 heavy (non-hydrogen) atoms. The summed E-state index contributed by atoms with van der Waals surface area (Å²) in [5.74, 6) is 1.51. The van der Waals surface area contributed by atoms with E-state index < -0.39 is 0 Å². The van der Waals surface area contributed by atoms with Crippen LogP contribution in [-0.2, 0) is 6.54 Å². The summed E-state index contributed by atoms with van der Waals surface area (Å²) in [5, 5.41) is 12.6. The van der Waals surface area contributed by atoms with Crippen LogP contribution < -0.4 is 0 Å². The monoisotopic (exact) mass is 309 g/mol. The van der Waals surface area contributed by atoms with Crippen molar-refractivity contribution in [2.75, 3.05) is 7.05 Å². The van der Waals surface area contributed by atoms with Crippen molar-refractivity contribution in [1.82, 2.24) is 4.90 Å². The predicted octanol–water partition coefficient (Wildman–Crippen LogP) is 4.13. The van der Waals surface area contributed by atoms with Crippen LogP contribution in [0.15, 0.2) is 36.4 Å². The van der Waals surface area contributed by atoms with Gasteiger partial charge in [-0.2, -0.15) is 0 Å². The van der Waals surface area contributed by atoms with E-state index in [4.69, 9.17) is 0 Å². The van der Waals surface area contributed by atoms with Gasteiger partial charge in [0.1, 0.15) is 0 Å². The number of aliphatic hydroxyl groups excluding tert-OH is 1. The molecule has 4 rings (SSSR count). The van der Waals surface area contributed by atoms with Crippen molar-refractivity contribution in [1.29, 1.82) is 0 Å². The van der Waals surface area contributed by atoms with Gasteiger partial charge in [0.2, 0.25) is 0 Å². The molecule has 0 aliphatic heterocycles. The van der Waals surface area contributed by atoms with Gasteiger partial charge < -0.3 is 5.11 Å². The Hall–Kier alpha value is -1.38. The van der Waals surface area contributed by atoms with Crippen molar-refractivity contribution >= 4 is 10.8 Å².